The molecule has 1 fully saturated rings. The van der Waals surface area contributed by atoms with E-state index in [0.717, 1.165) is 29.5 Å². The second-order valence-electron chi connectivity index (χ2n) is 5.58. The molecular weight excluding hydrogens is 397 g/mol. The molecule has 3 rings (SSSR count). The Labute approximate surface area is 150 Å². The van der Waals surface area contributed by atoms with Crippen molar-refractivity contribution in [3.05, 3.63) is 39.6 Å². The first-order valence-electron chi connectivity index (χ1n) is 7.56. The second kappa shape index (κ2) is 7.40. The van der Waals surface area contributed by atoms with Crippen molar-refractivity contribution in [1.29, 1.82) is 0 Å². The lowest BCUT2D eigenvalue weighted by molar-refractivity contribution is 0.0923. The molecule has 2 aromatic rings. The van der Waals surface area contributed by atoms with Crippen LogP contribution in [0.3, 0.4) is 0 Å². The summed E-state index contributed by atoms with van der Waals surface area (Å²) in [5.41, 5.74) is 0.527. The summed E-state index contributed by atoms with van der Waals surface area (Å²) in [6, 6.07) is 3.27. The van der Waals surface area contributed by atoms with Gasteiger partial charge in [-0.1, -0.05) is 24.2 Å². The van der Waals surface area contributed by atoms with E-state index in [4.69, 9.17) is 0 Å². The van der Waals surface area contributed by atoms with Crippen LogP contribution in [0.1, 0.15) is 36.0 Å². The molecule has 126 valence electrons. The number of anilines is 2. The average molecular weight is 412 g/mol. The number of urea groups is 1. The highest BCUT2D eigenvalue weighted by molar-refractivity contribution is 9.11. The number of carbonyl (C=O) groups is 2. The maximum atomic E-state index is 13.6. The Morgan fingerprint density at radius 3 is 2.67 bits per heavy atom. The van der Waals surface area contributed by atoms with Crippen LogP contribution in [-0.4, -0.2) is 16.8 Å². The van der Waals surface area contributed by atoms with Crippen LogP contribution >= 0.6 is 27.3 Å². The number of Topliss-reactive ketones (excluding diaryl/α,β-unsaturated/α-hetero) is 1. The molecule has 2 amide bonds. The van der Waals surface area contributed by atoms with Crippen molar-refractivity contribution in [2.75, 3.05) is 10.6 Å². The number of aromatic nitrogens is 1. The summed E-state index contributed by atoms with van der Waals surface area (Å²) in [7, 11) is 0. The lowest BCUT2D eigenvalue weighted by Gasteiger charge is -2.14. The van der Waals surface area contributed by atoms with Crippen molar-refractivity contribution in [2.45, 2.75) is 25.7 Å². The van der Waals surface area contributed by atoms with Gasteiger partial charge in [0.1, 0.15) is 5.82 Å². The number of ketones is 1. The van der Waals surface area contributed by atoms with Crippen LogP contribution in [0, 0.1) is 11.7 Å². The highest BCUT2D eigenvalue weighted by Gasteiger charge is 2.26. The van der Waals surface area contributed by atoms with Gasteiger partial charge in [0.2, 0.25) is 0 Å². The Balaban J connectivity index is 1.77. The molecule has 1 heterocycles. The Kier molecular flexibility index (Phi) is 5.25. The fraction of sp³-hybridized carbons (Fsp3) is 0.312. The van der Waals surface area contributed by atoms with Gasteiger partial charge in [-0.15, -0.1) is 0 Å². The zero-order valence-corrected chi connectivity index (χ0v) is 15.0. The largest absolute Gasteiger partial charge is 0.325 e. The third-order valence-electron chi connectivity index (χ3n) is 3.92. The van der Waals surface area contributed by atoms with Crippen molar-refractivity contribution in [2.24, 2.45) is 5.92 Å². The molecular formula is C16H15BrFN3O2S. The summed E-state index contributed by atoms with van der Waals surface area (Å²) in [5, 5.41) is 5.52. The van der Waals surface area contributed by atoms with Gasteiger partial charge in [0, 0.05) is 11.5 Å². The van der Waals surface area contributed by atoms with Crippen molar-refractivity contribution in [3.63, 3.8) is 0 Å². The van der Waals surface area contributed by atoms with Gasteiger partial charge in [-0.05, 0) is 47.0 Å². The first-order chi connectivity index (χ1) is 11.5. The predicted octanol–water partition coefficient (Wildman–Crippen LogP) is 5.06. The monoisotopic (exact) mass is 411 g/mol. The van der Waals surface area contributed by atoms with Gasteiger partial charge < -0.3 is 5.32 Å². The quantitative estimate of drug-likeness (QED) is 0.690. The topological polar surface area (TPSA) is 71.1 Å². The predicted molar refractivity (Wildman–Crippen MR) is 95.1 cm³/mol. The zero-order valence-electron chi connectivity index (χ0n) is 12.6. The molecule has 1 aliphatic carbocycles. The third kappa shape index (κ3) is 3.99. The molecule has 1 aromatic heterocycles. The molecule has 0 atom stereocenters. The van der Waals surface area contributed by atoms with E-state index in [-0.39, 0.29) is 17.4 Å². The fourth-order valence-corrected chi connectivity index (χ4v) is 3.91. The number of thiazole rings is 1. The van der Waals surface area contributed by atoms with Gasteiger partial charge in [0.05, 0.1) is 15.7 Å². The standard InChI is InChI=1S/C16H15BrFN3O2S/c17-13-8-19-16(24-13)21-15(23)20-12-7-10(18)5-6-11(12)14(22)9-3-1-2-4-9/h5-9H,1-4H2,(H2,19,20,21,23). The number of rotatable bonds is 4. The molecule has 0 unspecified atom stereocenters. The molecule has 0 spiro atoms. The first-order valence-corrected chi connectivity index (χ1v) is 9.17. The van der Waals surface area contributed by atoms with E-state index in [1.807, 2.05) is 0 Å². The molecule has 0 saturated heterocycles. The minimum absolute atomic E-state index is 0.0419. The summed E-state index contributed by atoms with van der Waals surface area (Å²) in [6.45, 7) is 0. The normalized spacial score (nSPS) is 14.6. The van der Waals surface area contributed by atoms with E-state index in [0.29, 0.717) is 10.7 Å². The van der Waals surface area contributed by atoms with E-state index in [1.54, 1.807) is 6.20 Å². The van der Waals surface area contributed by atoms with Crippen LogP contribution in [0.15, 0.2) is 28.2 Å². The average Bonchev–Trinajstić information content (AvgIpc) is 3.18. The van der Waals surface area contributed by atoms with Crippen LogP contribution in [-0.2, 0) is 0 Å². The molecule has 0 aliphatic heterocycles. The van der Waals surface area contributed by atoms with Crippen molar-refractivity contribution < 1.29 is 14.0 Å². The highest BCUT2D eigenvalue weighted by atomic mass is 79.9. The Hall–Kier alpha value is -1.80. The molecule has 1 aromatic carbocycles. The van der Waals surface area contributed by atoms with Crippen LogP contribution in [0.4, 0.5) is 20.0 Å². The van der Waals surface area contributed by atoms with E-state index >= 15 is 0 Å². The summed E-state index contributed by atoms with van der Waals surface area (Å²) in [4.78, 5) is 28.7. The van der Waals surface area contributed by atoms with Gasteiger partial charge in [0.25, 0.3) is 0 Å². The number of halogens is 2. The number of nitrogens with one attached hydrogen (secondary N) is 2. The third-order valence-corrected chi connectivity index (χ3v) is 5.31. The molecule has 1 saturated carbocycles. The van der Waals surface area contributed by atoms with Crippen LogP contribution in [0.25, 0.3) is 0 Å². The number of nitrogens with zero attached hydrogens (tertiary/aromatic N) is 1. The van der Waals surface area contributed by atoms with Gasteiger partial charge in [-0.2, -0.15) is 0 Å². The number of amides is 2. The second-order valence-corrected chi connectivity index (χ2v) is 7.99. The van der Waals surface area contributed by atoms with E-state index < -0.39 is 11.8 Å². The Bertz CT molecular complexity index is 774. The fourth-order valence-electron chi connectivity index (χ4n) is 2.81. The summed E-state index contributed by atoms with van der Waals surface area (Å²) in [6.07, 6.45) is 5.31. The number of hydrogen-bond acceptors (Lipinski definition) is 4. The highest BCUT2D eigenvalue weighted by Crippen LogP contribution is 2.31. The van der Waals surface area contributed by atoms with E-state index in [9.17, 15) is 14.0 Å². The molecule has 24 heavy (non-hydrogen) atoms. The number of benzene rings is 1. The number of hydrogen-bond donors (Lipinski definition) is 2. The SMILES string of the molecule is O=C(Nc1ncc(Br)s1)Nc1cc(F)ccc1C(=O)C1CCCC1. The minimum atomic E-state index is -0.567. The smallest absolute Gasteiger partial charge is 0.307 e. The molecule has 0 radical (unpaired) electrons. The molecule has 2 N–H and O–H groups in total. The maximum Gasteiger partial charge on any atom is 0.325 e. The van der Waals surface area contributed by atoms with Crippen molar-refractivity contribution >= 4 is 49.9 Å². The minimum Gasteiger partial charge on any atom is -0.307 e. The van der Waals surface area contributed by atoms with E-state index in [1.165, 1.54) is 29.5 Å². The summed E-state index contributed by atoms with van der Waals surface area (Å²) < 4.78 is 14.3. The van der Waals surface area contributed by atoms with Crippen LogP contribution < -0.4 is 10.6 Å². The first kappa shape index (κ1) is 17.0. The van der Waals surface area contributed by atoms with Gasteiger partial charge in [0.15, 0.2) is 10.9 Å². The maximum absolute atomic E-state index is 13.6. The Morgan fingerprint density at radius 1 is 1.25 bits per heavy atom. The van der Waals surface area contributed by atoms with Gasteiger partial charge in [-0.3, -0.25) is 10.1 Å². The molecule has 8 heteroatoms. The zero-order chi connectivity index (χ0) is 17.1. The molecule has 1 aliphatic rings. The summed E-state index contributed by atoms with van der Waals surface area (Å²) >= 11 is 4.51. The van der Waals surface area contributed by atoms with E-state index in [2.05, 4.69) is 31.5 Å². The van der Waals surface area contributed by atoms with Gasteiger partial charge in [-0.25, -0.2) is 14.2 Å². The van der Waals surface area contributed by atoms with Crippen LogP contribution in [0.5, 0.6) is 0 Å². The van der Waals surface area contributed by atoms with Crippen LogP contribution in [0.2, 0.25) is 0 Å². The number of carbonyl (C=O) groups excluding carboxylic acids is 2. The molecule has 0 bridgehead atoms. The molecule has 5 nitrogen and oxygen atoms in total. The Morgan fingerprint density at radius 2 is 2.00 bits per heavy atom. The van der Waals surface area contributed by atoms with Crippen molar-refractivity contribution in [3.8, 4) is 0 Å². The van der Waals surface area contributed by atoms with Gasteiger partial charge >= 0.3 is 6.03 Å². The lowest BCUT2D eigenvalue weighted by Crippen LogP contribution is -2.22. The summed E-state index contributed by atoms with van der Waals surface area (Å²) in [5.74, 6) is -0.598. The van der Waals surface area contributed by atoms with Crippen molar-refractivity contribution in [1.82, 2.24) is 4.98 Å². The lowest BCUT2D eigenvalue weighted by atomic mass is 9.95.